The minimum atomic E-state index is -2.34. The van der Waals surface area contributed by atoms with Gasteiger partial charge in [0.25, 0.3) is 9.70 Å². The molecule has 2 saturated heterocycles. The van der Waals surface area contributed by atoms with Crippen LogP contribution in [0.3, 0.4) is 0 Å². The van der Waals surface area contributed by atoms with Crippen LogP contribution >= 0.6 is 34.8 Å². The molecule has 11 heteroatoms. The molecule has 1 N–H and O–H groups in total. The van der Waals surface area contributed by atoms with Crippen LogP contribution in [0.15, 0.2) is 30.3 Å². The van der Waals surface area contributed by atoms with E-state index in [0.29, 0.717) is 6.42 Å². The first-order valence-electron chi connectivity index (χ1n) is 11.9. The van der Waals surface area contributed by atoms with Crippen molar-refractivity contribution in [1.29, 1.82) is 0 Å². The maximum Gasteiger partial charge on any atom is 0.303 e. The number of hydrogen-bond donors (Lipinski definition) is 1. The molecule has 0 bridgehead atoms. The first-order valence-corrected chi connectivity index (χ1v) is 13.0. The summed E-state index contributed by atoms with van der Waals surface area (Å²) < 4.78 is 28.0. The van der Waals surface area contributed by atoms with Gasteiger partial charge in [-0.15, -0.1) is 6.42 Å². The number of fused-ring (bicyclic) bond motifs is 1. The standard InChI is InChI=1S/C26H30Cl3NO7/c1-6-19(35-15(2)31)25(30-22(32)26(27,28)29)17(18-14-34-23(3,4)36-18)12-24(5)20(37-24)21(25)33-13-16-10-8-7-9-11-16/h1,7-11,17-21H,12-14H2,2-5H3,(H,30,32)/t17?,18-,19-,20-,21+,24+,25-/m1/s1. The van der Waals surface area contributed by atoms with Crippen LogP contribution in [0, 0.1) is 18.3 Å². The zero-order valence-corrected chi connectivity index (χ0v) is 23.2. The summed E-state index contributed by atoms with van der Waals surface area (Å²) in [6, 6.07) is 9.45. The fourth-order valence-corrected chi connectivity index (χ4v) is 5.63. The van der Waals surface area contributed by atoms with E-state index in [4.69, 9.17) is 64.9 Å². The predicted molar refractivity (Wildman–Crippen MR) is 137 cm³/mol. The third-order valence-corrected chi connectivity index (χ3v) is 7.65. The molecular weight excluding hydrogens is 545 g/mol. The van der Waals surface area contributed by atoms with Crippen molar-refractivity contribution in [2.75, 3.05) is 6.61 Å². The van der Waals surface area contributed by atoms with Crippen molar-refractivity contribution in [1.82, 2.24) is 5.32 Å². The molecule has 37 heavy (non-hydrogen) atoms. The molecule has 8 nitrogen and oxygen atoms in total. The molecule has 1 aliphatic carbocycles. The minimum Gasteiger partial charge on any atom is -0.447 e. The number of nitrogens with one attached hydrogen (secondary N) is 1. The number of hydrogen-bond acceptors (Lipinski definition) is 7. The van der Waals surface area contributed by atoms with Gasteiger partial charge in [-0.3, -0.25) is 9.59 Å². The van der Waals surface area contributed by atoms with E-state index in [-0.39, 0.29) is 13.2 Å². The van der Waals surface area contributed by atoms with Crippen molar-refractivity contribution in [3.63, 3.8) is 0 Å². The lowest BCUT2D eigenvalue weighted by atomic mass is 9.62. The molecule has 0 radical (unpaired) electrons. The Kier molecular flexibility index (Phi) is 7.84. The summed E-state index contributed by atoms with van der Waals surface area (Å²) in [5.41, 5.74) is -1.32. The quantitative estimate of drug-likeness (QED) is 0.230. The topological polar surface area (TPSA) is 95.6 Å². The van der Waals surface area contributed by atoms with Crippen molar-refractivity contribution < 1.29 is 33.3 Å². The van der Waals surface area contributed by atoms with Gasteiger partial charge in [0.2, 0.25) is 0 Å². The Bertz CT molecular complexity index is 1070. The molecule has 3 fully saturated rings. The largest absolute Gasteiger partial charge is 0.447 e. The zero-order valence-electron chi connectivity index (χ0n) is 21.0. The number of esters is 1. The molecule has 2 heterocycles. The number of alkyl halides is 3. The summed E-state index contributed by atoms with van der Waals surface area (Å²) in [6.45, 7) is 7.08. The molecule has 1 saturated carbocycles. The Hall–Kier alpha value is -1.57. The van der Waals surface area contributed by atoms with Crippen molar-refractivity contribution in [3.8, 4) is 12.3 Å². The second-order valence-electron chi connectivity index (χ2n) is 10.3. The summed E-state index contributed by atoms with van der Waals surface area (Å²) in [7, 11) is 0. The van der Waals surface area contributed by atoms with E-state index in [0.717, 1.165) is 5.56 Å². The Labute approximate surface area is 231 Å². The lowest BCUT2D eigenvalue weighted by molar-refractivity contribution is -0.182. The molecule has 202 valence electrons. The molecule has 7 atom stereocenters. The van der Waals surface area contributed by atoms with Crippen LogP contribution in [0.5, 0.6) is 0 Å². The van der Waals surface area contributed by atoms with Gasteiger partial charge in [-0.2, -0.15) is 0 Å². The number of rotatable bonds is 7. The minimum absolute atomic E-state index is 0.157. The first kappa shape index (κ1) is 28.4. The van der Waals surface area contributed by atoms with Gasteiger partial charge in [0.15, 0.2) is 11.9 Å². The Morgan fingerprint density at radius 2 is 1.89 bits per heavy atom. The number of carbonyl (C=O) groups is 2. The van der Waals surface area contributed by atoms with Crippen LogP contribution in [0.2, 0.25) is 0 Å². The van der Waals surface area contributed by atoms with Gasteiger partial charge in [0.05, 0.1) is 24.9 Å². The van der Waals surface area contributed by atoms with E-state index >= 15 is 0 Å². The average molecular weight is 575 g/mol. The maximum absolute atomic E-state index is 13.3. The van der Waals surface area contributed by atoms with Gasteiger partial charge in [0.1, 0.15) is 17.7 Å². The van der Waals surface area contributed by atoms with Gasteiger partial charge < -0.3 is 29.0 Å². The number of epoxide rings is 1. The molecule has 3 aliphatic rings. The van der Waals surface area contributed by atoms with Crippen molar-refractivity contribution in [2.45, 2.75) is 85.9 Å². The summed E-state index contributed by atoms with van der Waals surface area (Å²) in [6.07, 6.45) is 3.04. The third-order valence-electron chi connectivity index (χ3n) is 7.13. The van der Waals surface area contributed by atoms with Crippen LogP contribution in [0.25, 0.3) is 0 Å². The monoisotopic (exact) mass is 573 g/mol. The molecule has 0 spiro atoms. The fraction of sp³-hybridized carbons (Fsp3) is 0.615. The van der Waals surface area contributed by atoms with Crippen LogP contribution < -0.4 is 5.32 Å². The average Bonchev–Trinajstić information content (AvgIpc) is 3.36. The van der Waals surface area contributed by atoms with E-state index in [1.807, 2.05) is 37.3 Å². The molecule has 1 aromatic rings. The smallest absolute Gasteiger partial charge is 0.303 e. The van der Waals surface area contributed by atoms with Gasteiger partial charge in [0, 0.05) is 12.8 Å². The number of carbonyl (C=O) groups excluding carboxylic acids is 2. The number of amides is 1. The SMILES string of the molecule is C#C[C@@H](OC(C)=O)[C@]1(NC(=O)C(Cl)(Cl)Cl)C([C@H]2COC(C)(C)O2)C[C@]2(C)O[C@@H]2[C@@H]1OCc1ccccc1. The van der Waals surface area contributed by atoms with E-state index in [2.05, 4.69) is 11.2 Å². The van der Waals surface area contributed by atoms with Gasteiger partial charge in [-0.05, 0) is 32.8 Å². The van der Waals surface area contributed by atoms with Gasteiger partial charge >= 0.3 is 5.97 Å². The summed E-state index contributed by atoms with van der Waals surface area (Å²) in [5, 5.41) is 2.85. The third kappa shape index (κ3) is 5.74. The molecule has 1 unspecified atom stereocenters. The highest BCUT2D eigenvalue weighted by molar-refractivity contribution is 6.76. The number of terminal acetylenes is 1. The highest BCUT2D eigenvalue weighted by Gasteiger charge is 2.74. The lowest BCUT2D eigenvalue weighted by Crippen LogP contribution is -2.75. The molecule has 4 rings (SSSR count). The van der Waals surface area contributed by atoms with Gasteiger partial charge in [-0.25, -0.2) is 0 Å². The van der Waals surface area contributed by atoms with Crippen LogP contribution in [-0.4, -0.2) is 63.6 Å². The second-order valence-corrected chi connectivity index (χ2v) is 12.6. The fourth-order valence-electron chi connectivity index (χ4n) is 5.48. The maximum atomic E-state index is 13.3. The van der Waals surface area contributed by atoms with E-state index in [1.165, 1.54) is 6.92 Å². The molecule has 2 aliphatic heterocycles. The van der Waals surface area contributed by atoms with Gasteiger partial charge in [-0.1, -0.05) is 71.1 Å². The van der Waals surface area contributed by atoms with Crippen molar-refractivity contribution >= 4 is 46.7 Å². The number of ether oxygens (including phenoxy) is 5. The zero-order chi connectivity index (χ0) is 27.2. The number of benzene rings is 1. The van der Waals surface area contributed by atoms with E-state index < -0.39 is 62.9 Å². The van der Waals surface area contributed by atoms with Crippen LogP contribution in [0.4, 0.5) is 0 Å². The second kappa shape index (κ2) is 10.2. The highest BCUT2D eigenvalue weighted by atomic mass is 35.6. The molecular formula is C26H30Cl3NO7. The normalized spacial score (nSPS) is 35.1. The predicted octanol–water partition coefficient (Wildman–Crippen LogP) is 3.69. The molecule has 1 aromatic carbocycles. The molecule has 1 amide bonds. The highest BCUT2D eigenvalue weighted by Crippen LogP contribution is 2.58. The van der Waals surface area contributed by atoms with Crippen molar-refractivity contribution in [3.05, 3.63) is 35.9 Å². The number of halogens is 3. The summed E-state index contributed by atoms with van der Waals surface area (Å²) in [5.74, 6) is -0.583. The molecule has 0 aromatic heterocycles. The van der Waals surface area contributed by atoms with E-state index in [9.17, 15) is 9.59 Å². The lowest BCUT2D eigenvalue weighted by Gasteiger charge is -2.52. The first-order chi connectivity index (χ1) is 17.2. The van der Waals surface area contributed by atoms with Crippen LogP contribution in [-0.2, 0) is 39.9 Å². The van der Waals surface area contributed by atoms with E-state index in [1.54, 1.807) is 13.8 Å². The summed E-state index contributed by atoms with van der Waals surface area (Å²) in [4.78, 5) is 25.5. The Morgan fingerprint density at radius 1 is 1.22 bits per heavy atom. The van der Waals surface area contributed by atoms with Crippen LogP contribution in [0.1, 0.15) is 39.7 Å². The summed E-state index contributed by atoms with van der Waals surface area (Å²) >= 11 is 18.0. The Balaban J connectivity index is 1.85. The van der Waals surface area contributed by atoms with Crippen molar-refractivity contribution in [2.24, 2.45) is 5.92 Å². The Morgan fingerprint density at radius 3 is 2.43 bits per heavy atom.